The second-order valence-corrected chi connectivity index (χ2v) is 3.57. The lowest BCUT2D eigenvalue weighted by Gasteiger charge is -2.04. The lowest BCUT2D eigenvalue weighted by atomic mass is 10.3. The number of halogens is 2. The lowest BCUT2D eigenvalue weighted by molar-refractivity contribution is -0.116. The van der Waals surface area contributed by atoms with E-state index in [-0.39, 0.29) is 18.1 Å². The summed E-state index contributed by atoms with van der Waals surface area (Å²) in [4.78, 5) is 11.1. The standard InChI is InChI=1S/C9H10BrFN2O/c10-7-5-6(1-2-8(7)11)13-9(14)3-4-12/h1-2,5H,3-4,12H2,(H,13,14). The monoisotopic (exact) mass is 260 g/mol. The Morgan fingerprint density at radius 3 is 2.86 bits per heavy atom. The first kappa shape index (κ1) is 11.1. The molecular weight excluding hydrogens is 251 g/mol. The maximum Gasteiger partial charge on any atom is 0.225 e. The molecule has 1 aromatic carbocycles. The topological polar surface area (TPSA) is 55.1 Å². The number of benzene rings is 1. The zero-order valence-corrected chi connectivity index (χ0v) is 8.97. The zero-order chi connectivity index (χ0) is 10.6. The Bertz CT molecular complexity index is 344. The summed E-state index contributed by atoms with van der Waals surface area (Å²) >= 11 is 3.02. The second kappa shape index (κ2) is 5.07. The summed E-state index contributed by atoms with van der Waals surface area (Å²) < 4.78 is 13.1. The summed E-state index contributed by atoms with van der Waals surface area (Å²) in [5, 5.41) is 2.60. The van der Waals surface area contributed by atoms with Crippen molar-refractivity contribution in [2.24, 2.45) is 5.73 Å². The number of anilines is 1. The first-order chi connectivity index (χ1) is 6.63. The molecule has 1 aromatic rings. The van der Waals surface area contributed by atoms with Crippen LogP contribution >= 0.6 is 15.9 Å². The minimum absolute atomic E-state index is 0.175. The van der Waals surface area contributed by atoms with Crippen molar-refractivity contribution in [1.82, 2.24) is 0 Å². The number of nitrogens with two attached hydrogens (primary N) is 1. The van der Waals surface area contributed by atoms with Gasteiger partial charge in [0.25, 0.3) is 0 Å². The van der Waals surface area contributed by atoms with Crippen molar-refractivity contribution in [2.45, 2.75) is 6.42 Å². The van der Waals surface area contributed by atoms with E-state index in [4.69, 9.17) is 5.73 Å². The molecule has 1 amide bonds. The van der Waals surface area contributed by atoms with Crippen LogP contribution in [0.1, 0.15) is 6.42 Å². The van der Waals surface area contributed by atoms with Crippen LogP contribution in [0.2, 0.25) is 0 Å². The van der Waals surface area contributed by atoms with E-state index in [9.17, 15) is 9.18 Å². The van der Waals surface area contributed by atoms with E-state index in [2.05, 4.69) is 21.2 Å². The van der Waals surface area contributed by atoms with Gasteiger partial charge in [-0.05, 0) is 34.1 Å². The second-order valence-electron chi connectivity index (χ2n) is 2.72. The summed E-state index contributed by atoms with van der Waals surface area (Å²) in [7, 11) is 0. The Labute approximate surface area is 89.6 Å². The third-order valence-electron chi connectivity index (χ3n) is 1.57. The molecule has 0 saturated carbocycles. The van der Waals surface area contributed by atoms with Crippen molar-refractivity contribution in [2.75, 3.05) is 11.9 Å². The van der Waals surface area contributed by atoms with E-state index in [0.29, 0.717) is 16.7 Å². The van der Waals surface area contributed by atoms with Gasteiger partial charge in [0.2, 0.25) is 5.91 Å². The molecule has 1 rings (SSSR count). The molecule has 14 heavy (non-hydrogen) atoms. The third-order valence-corrected chi connectivity index (χ3v) is 2.18. The lowest BCUT2D eigenvalue weighted by Crippen LogP contribution is -2.16. The highest BCUT2D eigenvalue weighted by molar-refractivity contribution is 9.10. The van der Waals surface area contributed by atoms with Crippen LogP contribution < -0.4 is 11.1 Å². The number of carbonyl (C=O) groups excluding carboxylic acids is 1. The Morgan fingerprint density at radius 2 is 2.29 bits per heavy atom. The predicted octanol–water partition coefficient (Wildman–Crippen LogP) is 1.88. The van der Waals surface area contributed by atoms with Crippen molar-refractivity contribution in [1.29, 1.82) is 0 Å². The van der Waals surface area contributed by atoms with E-state index in [1.165, 1.54) is 18.2 Å². The van der Waals surface area contributed by atoms with Crippen molar-refractivity contribution >= 4 is 27.5 Å². The van der Waals surface area contributed by atoms with E-state index in [1.807, 2.05) is 0 Å². The largest absolute Gasteiger partial charge is 0.330 e. The molecule has 0 aliphatic rings. The van der Waals surface area contributed by atoms with Crippen LogP contribution in [0.4, 0.5) is 10.1 Å². The molecule has 0 aliphatic heterocycles. The molecule has 3 nitrogen and oxygen atoms in total. The van der Waals surface area contributed by atoms with Gasteiger partial charge >= 0.3 is 0 Å². The SMILES string of the molecule is NCCC(=O)Nc1ccc(F)c(Br)c1. The van der Waals surface area contributed by atoms with Crippen LogP contribution in [-0.2, 0) is 4.79 Å². The highest BCUT2D eigenvalue weighted by Crippen LogP contribution is 2.19. The van der Waals surface area contributed by atoms with Crippen LogP contribution in [0.15, 0.2) is 22.7 Å². The van der Waals surface area contributed by atoms with Gasteiger partial charge in [0.1, 0.15) is 5.82 Å². The minimum atomic E-state index is -0.359. The van der Waals surface area contributed by atoms with Gasteiger partial charge in [-0.3, -0.25) is 4.79 Å². The average molecular weight is 261 g/mol. The summed E-state index contributed by atoms with van der Waals surface area (Å²) in [6.07, 6.45) is 0.259. The summed E-state index contributed by atoms with van der Waals surface area (Å²) in [6.45, 7) is 0.300. The molecule has 0 heterocycles. The number of rotatable bonds is 3. The number of carbonyl (C=O) groups is 1. The highest BCUT2D eigenvalue weighted by Gasteiger charge is 2.03. The average Bonchev–Trinajstić information content (AvgIpc) is 2.12. The Morgan fingerprint density at radius 1 is 1.57 bits per heavy atom. The molecule has 0 radical (unpaired) electrons. The van der Waals surface area contributed by atoms with Crippen LogP contribution in [0.3, 0.4) is 0 Å². The fourth-order valence-corrected chi connectivity index (χ4v) is 1.31. The molecule has 0 aliphatic carbocycles. The van der Waals surface area contributed by atoms with E-state index >= 15 is 0 Å². The molecular formula is C9H10BrFN2O. The van der Waals surface area contributed by atoms with Gasteiger partial charge in [-0.15, -0.1) is 0 Å². The molecule has 3 N–H and O–H groups in total. The molecule has 76 valence electrons. The molecule has 0 aromatic heterocycles. The van der Waals surface area contributed by atoms with Gasteiger partial charge in [-0.2, -0.15) is 0 Å². The van der Waals surface area contributed by atoms with E-state index < -0.39 is 0 Å². The van der Waals surface area contributed by atoms with E-state index in [0.717, 1.165) is 0 Å². The third kappa shape index (κ3) is 3.08. The maximum absolute atomic E-state index is 12.8. The molecule has 5 heteroatoms. The van der Waals surface area contributed by atoms with Crippen molar-refractivity contribution in [3.05, 3.63) is 28.5 Å². The number of hydrogen-bond acceptors (Lipinski definition) is 2. The number of hydrogen-bond donors (Lipinski definition) is 2. The van der Waals surface area contributed by atoms with Crippen LogP contribution in [0.5, 0.6) is 0 Å². The minimum Gasteiger partial charge on any atom is -0.330 e. The van der Waals surface area contributed by atoms with Gasteiger partial charge < -0.3 is 11.1 Å². The van der Waals surface area contributed by atoms with Gasteiger partial charge in [0.15, 0.2) is 0 Å². The first-order valence-electron chi connectivity index (χ1n) is 4.08. The van der Waals surface area contributed by atoms with Gasteiger partial charge in [-0.25, -0.2) is 4.39 Å². The highest BCUT2D eigenvalue weighted by atomic mass is 79.9. The zero-order valence-electron chi connectivity index (χ0n) is 7.39. The van der Waals surface area contributed by atoms with Crippen LogP contribution in [0, 0.1) is 5.82 Å². The van der Waals surface area contributed by atoms with Crippen LogP contribution in [-0.4, -0.2) is 12.5 Å². The summed E-state index contributed by atoms with van der Waals surface area (Å²) in [6, 6.07) is 4.28. The normalized spacial score (nSPS) is 9.93. The predicted molar refractivity (Wildman–Crippen MR) is 56.4 cm³/mol. The fraction of sp³-hybridized carbons (Fsp3) is 0.222. The van der Waals surface area contributed by atoms with Crippen molar-refractivity contribution in [3.63, 3.8) is 0 Å². The molecule has 0 saturated heterocycles. The van der Waals surface area contributed by atoms with Gasteiger partial charge in [-0.1, -0.05) is 0 Å². The quantitative estimate of drug-likeness (QED) is 0.872. The van der Waals surface area contributed by atoms with Crippen molar-refractivity contribution < 1.29 is 9.18 Å². The molecule has 0 fully saturated rings. The summed E-state index contributed by atoms with van der Waals surface area (Å²) in [5.41, 5.74) is 5.76. The summed E-state index contributed by atoms with van der Waals surface area (Å²) in [5.74, 6) is -0.534. The first-order valence-corrected chi connectivity index (χ1v) is 4.87. The molecule has 0 unspecified atom stereocenters. The Balaban J connectivity index is 2.68. The fourth-order valence-electron chi connectivity index (χ4n) is 0.928. The maximum atomic E-state index is 12.8. The van der Waals surface area contributed by atoms with Gasteiger partial charge in [0.05, 0.1) is 4.47 Å². The molecule has 0 atom stereocenters. The van der Waals surface area contributed by atoms with Crippen molar-refractivity contribution in [3.8, 4) is 0 Å². The van der Waals surface area contributed by atoms with E-state index in [1.54, 1.807) is 0 Å². The molecule has 0 bridgehead atoms. The van der Waals surface area contributed by atoms with Crippen LogP contribution in [0.25, 0.3) is 0 Å². The van der Waals surface area contributed by atoms with Gasteiger partial charge in [0, 0.05) is 18.7 Å². The smallest absolute Gasteiger partial charge is 0.225 e. The Kier molecular flexibility index (Phi) is 4.03. The molecule has 0 spiro atoms. The number of nitrogens with one attached hydrogen (secondary N) is 1. The Hall–Kier alpha value is -0.940. The number of amides is 1.